The molecular weight excluding hydrogens is 428 g/mol. The number of carbonyl (C=O) groups is 1. The molecule has 9 nitrogen and oxygen atoms in total. The van der Waals surface area contributed by atoms with E-state index in [2.05, 4.69) is 34.3 Å². The van der Waals surface area contributed by atoms with E-state index in [1.54, 1.807) is 11.6 Å². The minimum absolute atomic E-state index is 0.125. The molecule has 3 aromatic heterocycles. The summed E-state index contributed by atoms with van der Waals surface area (Å²) in [7, 11) is 3.03. The second-order valence-corrected chi connectivity index (χ2v) is 8.92. The summed E-state index contributed by atoms with van der Waals surface area (Å²) >= 11 is 1.48. The number of hydrogen-bond acceptors (Lipinski definition) is 6. The molecule has 0 bridgehead atoms. The zero-order valence-corrected chi connectivity index (χ0v) is 19.2. The number of aromatic nitrogens is 5. The molecule has 0 radical (unpaired) electrons. The van der Waals surface area contributed by atoms with Crippen LogP contribution in [0.25, 0.3) is 21.4 Å². The smallest absolute Gasteiger partial charge is 0.325 e. The van der Waals surface area contributed by atoms with Crippen LogP contribution in [0.3, 0.4) is 0 Å². The number of nitrogens with one attached hydrogen (secondary N) is 1. The molecule has 0 atom stereocenters. The number of rotatable bonds is 8. The van der Waals surface area contributed by atoms with Crippen LogP contribution in [0, 0.1) is 0 Å². The molecule has 0 unspecified atom stereocenters. The van der Waals surface area contributed by atoms with Gasteiger partial charge in [0.05, 0.1) is 16.5 Å². The second kappa shape index (κ2) is 9.07. The predicted molar refractivity (Wildman–Crippen MR) is 126 cm³/mol. The zero-order chi connectivity index (χ0) is 22.8. The summed E-state index contributed by atoms with van der Waals surface area (Å²) in [5.41, 5.74) is 2.07. The van der Waals surface area contributed by atoms with Crippen molar-refractivity contribution in [3.05, 3.63) is 50.9 Å². The van der Waals surface area contributed by atoms with Crippen LogP contribution in [0.4, 0.5) is 5.13 Å². The number of benzene rings is 1. The first-order chi connectivity index (χ1) is 15.4. The fraction of sp³-hybridized carbons (Fsp3) is 0.409. The van der Waals surface area contributed by atoms with Gasteiger partial charge in [-0.2, -0.15) is 0 Å². The molecule has 10 heteroatoms. The van der Waals surface area contributed by atoms with Crippen molar-refractivity contribution in [1.82, 2.24) is 23.7 Å². The molecule has 0 saturated heterocycles. The molecular formula is C22H26N6O3S. The van der Waals surface area contributed by atoms with Crippen LogP contribution >= 0.6 is 11.3 Å². The third-order valence-corrected chi connectivity index (χ3v) is 6.47. The van der Waals surface area contributed by atoms with Crippen LogP contribution in [0.1, 0.15) is 38.2 Å². The first-order valence-corrected chi connectivity index (χ1v) is 11.5. The van der Waals surface area contributed by atoms with Gasteiger partial charge in [-0.25, -0.2) is 14.8 Å². The number of thiazole rings is 1. The molecule has 0 saturated carbocycles. The summed E-state index contributed by atoms with van der Waals surface area (Å²) < 4.78 is 5.18. The standard InChI is InChI=1S/C22H26N6O3S/c1-4-5-7-14-9-10-15-16(12-14)32-21(24-15)25-17(29)8-6-11-28-13-23-19-18(28)20(30)27(3)22(31)26(19)2/h9-10,12-13H,4-8,11H2,1-3H3,(H,24,25,29). The predicted octanol–water partition coefficient (Wildman–Crippen LogP) is 2.80. The lowest BCUT2D eigenvalue weighted by atomic mass is 10.1. The average Bonchev–Trinajstić information content (AvgIpc) is 3.38. The van der Waals surface area contributed by atoms with E-state index >= 15 is 0 Å². The van der Waals surface area contributed by atoms with E-state index in [1.807, 2.05) is 6.07 Å². The van der Waals surface area contributed by atoms with Crippen molar-refractivity contribution in [1.29, 1.82) is 0 Å². The van der Waals surface area contributed by atoms with Crippen LogP contribution in [0.5, 0.6) is 0 Å². The zero-order valence-electron chi connectivity index (χ0n) is 18.4. The molecule has 1 N–H and O–H groups in total. The Balaban J connectivity index is 1.40. The highest BCUT2D eigenvalue weighted by atomic mass is 32.1. The summed E-state index contributed by atoms with van der Waals surface area (Å²) in [6, 6.07) is 6.25. The summed E-state index contributed by atoms with van der Waals surface area (Å²) in [4.78, 5) is 45.7. The van der Waals surface area contributed by atoms with E-state index in [-0.39, 0.29) is 12.3 Å². The minimum Gasteiger partial charge on any atom is -0.325 e. The molecule has 0 fully saturated rings. The van der Waals surface area contributed by atoms with Gasteiger partial charge in [-0.15, -0.1) is 0 Å². The lowest BCUT2D eigenvalue weighted by Crippen LogP contribution is -2.37. The van der Waals surface area contributed by atoms with Crippen molar-refractivity contribution in [3.8, 4) is 0 Å². The molecule has 4 rings (SSSR count). The first kappa shape index (κ1) is 21.9. The molecule has 0 spiro atoms. The first-order valence-electron chi connectivity index (χ1n) is 10.7. The van der Waals surface area contributed by atoms with Gasteiger partial charge in [-0.05, 0) is 37.0 Å². The Hall–Kier alpha value is -3.27. The Morgan fingerprint density at radius 2 is 1.97 bits per heavy atom. The Kier molecular flexibility index (Phi) is 6.22. The topological polar surface area (TPSA) is 104 Å². The molecule has 1 amide bonds. The van der Waals surface area contributed by atoms with Gasteiger partial charge < -0.3 is 9.88 Å². The van der Waals surface area contributed by atoms with Crippen LogP contribution in [-0.2, 0) is 31.9 Å². The molecule has 1 aromatic carbocycles. The molecule has 0 aliphatic carbocycles. The van der Waals surface area contributed by atoms with Crippen molar-refractivity contribution < 1.29 is 4.79 Å². The van der Waals surface area contributed by atoms with E-state index in [4.69, 9.17) is 0 Å². The monoisotopic (exact) mass is 454 g/mol. The maximum atomic E-state index is 12.5. The Labute approximate surface area is 188 Å². The van der Waals surface area contributed by atoms with Crippen LogP contribution in [-0.4, -0.2) is 29.6 Å². The fourth-order valence-corrected chi connectivity index (χ4v) is 4.66. The Morgan fingerprint density at radius 1 is 1.16 bits per heavy atom. The maximum Gasteiger partial charge on any atom is 0.332 e. The largest absolute Gasteiger partial charge is 0.332 e. The van der Waals surface area contributed by atoms with Crippen LogP contribution < -0.4 is 16.6 Å². The summed E-state index contributed by atoms with van der Waals surface area (Å²) in [6.07, 6.45) is 5.70. The number of aryl methyl sites for hydroxylation is 3. The number of carbonyl (C=O) groups excluding carboxylic acids is 1. The van der Waals surface area contributed by atoms with Gasteiger partial charge in [0.1, 0.15) is 0 Å². The molecule has 3 heterocycles. The summed E-state index contributed by atoms with van der Waals surface area (Å²) in [5.74, 6) is -0.125. The van der Waals surface area contributed by atoms with Crippen LogP contribution in [0.2, 0.25) is 0 Å². The van der Waals surface area contributed by atoms with E-state index in [9.17, 15) is 14.4 Å². The molecule has 0 aliphatic rings. The van der Waals surface area contributed by atoms with Gasteiger partial charge in [-0.3, -0.25) is 18.7 Å². The molecule has 4 aromatic rings. The van der Waals surface area contributed by atoms with Crippen molar-refractivity contribution in [2.45, 2.75) is 45.6 Å². The van der Waals surface area contributed by atoms with Crippen LogP contribution in [0.15, 0.2) is 34.1 Å². The van der Waals surface area contributed by atoms with E-state index in [1.165, 1.54) is 34.8 Å². The van der Waals surface area contributed by atoms with Crippen molar-refractivity contribution in [2.75, 3.05) is 5.32 Å². The fourth-order valence-electron chi connectivity index (χ4n) is 3.72. The molecule has 168 valence electrons. The van der Waals surface area contributed by atoms with Gasteiger partial charge in [0.15, 0.2) is 16.3 Å². The van der Waals surface area contributed by atoms with Crippen molar-refractivity contribution >= 4 is 43.8 Å². The van der Waals surface area contributed by atoms with Gasteiger partial charge in [-0.1, -0.05) is 30.7 Å². The number of amides is 1. The quantitative estimate of drug-likeness (QED) is 0.441. The van der Waals surface area contributed by atoms with E-state index in [0.717, 1.165) is 34.0 Å². The lowest BCUT2D eigenvalue weighted by Gasteiger charge is -2.06. The highest BCUT2D eigenvalue weighted by Gasteiger charge is 2.15. The van der Waals surface area contributed by atoms with Gasteiger partial charge in [0.2, 0.25) is 5.91 Å². The number of nitrogens with zero attached hydrogens (tertiary/aromatic N) is 5. The number of fused-ring (bicyclic) bond motifs is 2. The van der Waals surface area contributed by atoms with Crippen molar-refractivity contribution in [3.63, 3.8) is 0 Å². The number of hydrogen-bond donors (Lipinski definition) is 1. The summed E-state index contributed by atoms with van der Waals surface area (Å²) in [6.45, 7) is 2.62. The second-order valence-electron chi connectivity index (χ2n) is 7.89. The number of imidazole rings is 1. The molecule has 32 heavy (non-hydrogen) atoms. The van der Waals surface area contributed by atoms with Gasteiger partial charge >= 0.3 is 5.69 Å². The third kappa shape index (κ3) is 4.22. The minimum atomic E-state index is -0.416. The lowest BCUT2D eigenvalue weighted by molar-refractivity contribution is -0.116. The van der Waals surface area contributed by atoms with Gasteiger partial charge in [0.25, 0.3) is 5.56 Å². The SMILES string of the molecule is CCCCc1ccc2nc(NC(=O)CCCn3cnc4c3c(=O)n(C)c(=O)n4C)sc2c1. The van der Waals surface area contributed by atoms with E-state index in [0.29, 0.717) is 29.3 Å². The van der Waals surface area contributed by atoms with Crippen molar-refractivity contribution in [2.24, 2.45) is 14.1 Å². The van der Waals surface area contributed by atoms with Gasteiger partial charge in [0, 0.05) is 27.1 Å². The average molecular weight is 455 g/mol. The normalized spacial score (nSPS) is 11.5. The maximum absolute atomic E-state index is 12.5. The number of anilines is 1. The highest BCUT2D eigenvalue weighted by molar-refractivity contribution is 7.22. The summed E-state index contributed by atoms with van der Waals surface area (Å²) in [5, 5.41) is 3.47. The molecule has 0 aliphatic heterocycles. The highest BCUT2D eigenvalue weighted by Crippen LogP contribution is 2.27. The Bertz CT molecular complexity index is 1410. The Morgan fingerprint density at radius 3 is 2.75 bits per heavy atom. The third-order valence-electron chi connectivity index (χ3n) is 5.54. The van der Waals surface area contributed by atoms with E-state index < -0.39 is 11.2 Å². The number of unbranched alkanes of at least 4 members (excludes halogenated alkanes) is 1.